The first-order valence-electron chi connectivity index (χ1n) is 16.2. The number of hydrogen-bond donors (Lipinski definition) is 1. The molecule has 1 unspecified atom stereocenters. The van der Waals surface area contributed by atoms with Gasteiger partial charge in [-0.2, -0.15) is 8.78 Å². The zero-order chi connectivity index (χ0) is 36.2. The number of carbonyl (C=O) groups excluding carboxylic acids is 3. The molecule has 0 radical (unpaired) electrons. The molecular formula is C35H42F5NO8. The minimum absolute atomic E-state index is 0.0888. The number of esters is 2. The number of carbonyl (C=O) groups is 3. The lowest BCUT2D eigenvalue weighted by molar-refractivity contribution is -0.143. The lowest BCUT2D eigenvalue weighted by Gasteiger charge is -2.39. The van der Waals surface area contributed by atoms with Crippen LogP contribution in [0.2, 0.25) is 0 Å². The van der Waals surface area contributed by atoms with Crippen molar-refractivity contribution in [2.75, 3.05) is 0 Å². The number of hydrogen-bond acceptors (Lipinski definition) is 8. The molecule has 4 rings (SSSR count). The van der Waals surface area contributed by atoms with Crippen molar-refractivity contribution in [3.63, 3.8) is 0 Å². The summed E-state index contributed by atoms with van der Waals surface area (Å²) in [6.07, 6.45) is 7.89. The SMILES string of the molecule is CC(=O)O[C@@H](C)/C=C\C(=O)N[C@@H]1C[C@H](C)[C@H](C/C=C(C)/C=C/[C@@H]2C[C@]3(C[C@@H](CC(=O)Oc4c(F)c(F)c(F)c(F)c4F)O2)OC3C)O[C@@H]1C. The zero-order valence-corrected chi connectivity index (χ0v) is 28.2. The normalized spacial score (nSPS) is 30.8. The third-order valence-corrected chi connectivity index (χ3v) is 9.02. The maximum atomic E-state index is 14.0. The second-order valence-electron chi connectivity index (χ2n) is 13.0. The first-order valence-corrected chi connectivity index (χ1v) is 16.2. The molecule has 9 nitrogen and oxygen atoms in total. The predicted octanol–water partition coefficient (Wildman–Crippen LogP) is 6.08. The lowest BCUT2D eigenvalue weighted by Crippen LogP contribution is -2.50. The highest BCUT2D eigenvalue weighted by Crippen LogP contribution is 2.49. The molecule has 3 aliphatic rings. The van der Waals surface area contributed by atoms with Crippen LogP contribution >= 0.6 is 0 Å². The maximum absolute atomic E-state index is 14.0. The third-order valence-electron chi connectivity index (χ3n) is 9.02. The van der Waals surface area contributed by atoms with Crippen LogP contribution in [0.25, 0.3) is 0 Å². The van der Waals surface area contributed by atoms with E-state index < -0.39 is 77.1 Å². The van der Waals surface area contributed by atoms with Crippen LogP contribution in [0.4, 0.5) is 22.0 Å². The molecule has 14 heteroatoms. The summed E-state index contributed by atoms with van der Waals surface area (Å²) >= 11 is 0. The Bertz CT molecular complexity index is 1490. The highest BCUT2D eigenvalue weighted by atomic mass is 19.2. The van der Waals surface area contributed by atoms with Crippen LogP contribution in [0.5, 0.6) is 5.75 Å². The summed E-state index contributed by atoms with van der Waals surface area (Å²) in [5.41, 5.74) is 0.339. The number of ether oxygens (including phenoxy) is 5. The second kappa shape index (κ2) is 15.9. The number of allylic oxidation sites excluding steroid dienone is 2. The molecular weight excluding hydrogens is 657 g/mol. The summed E-state index contributed by atoms with van der Waals surface area (Å²) in [6.45, 7) is 10.7. The van der Waals surface area contributed by atoms with E-state index in [9.17, 15) is 36.3 Å². The Morgan fingerprint density at radius 3 is 2.20 bits per heavy atom. The number of amides is 1. The van der Waals surface area contributed by atoms with Gasteiger partial charge in [0.2, 0.25) is 40.7 Å². The van der Waals surface area contributed by atoms with Crippen LogP contribution in [0.15, 0.2) is 36.0 Å². The van der Waals surface area contributed by atoms with E-state index in [2.05, 4.69) is 17.0 Å². The van der Waals surface area contributed by atoms with Gasteiger partial charge in [0.05, 0.1) is 48.6 Å². The molecule has 1 spiro atoms. The van der Waals surface area contributed by atoms with Gasteiger partial charge in [0.1, 0.15) is 6.10 Å². The molecule has 0 aliphatic carbocycles. The zero-order valence-electron chi connectivity index (χ0n) is 28.2. The fourth-order valence-corrected chi connectivity index (χ4v) is 6.25. The second-order valence-corrected chi connectivity index (χ2v) is 13.0. The highest BCUT2D eigenvalue weighted by Gasteiger charge is 2.58. The first-order chi connectivity index (χ1) is 23.0. The number of halogens is 5. The van der Waals surface area contributed by atoms with Crippen molar-refractivity contribution in [3.8, 4) is 5.75 Å². The van der Waals surface area contributed by atoms with Crippen LogP contribution in [-0.4, -0.2) is 66.1 Å². The maximum Gasteiger partial charge on any atom is 0.314 e. The van der Waals surface area contributed by atoms with E-state index in [1.54, 1.807) is 6.92 Å². The topological polar surface area (TPSA) is 113 Å². The monoisotopic (exact) mass is 699 g/mol. The Morgan fingerprint density at radius 1 is 0.959 bits per heavy atom. The van der Waals surface area contributed by atoms with Crippen molar-refractivity contribution < 1.29 is 60.0 Å². The van der Waals surface area contributed by atoms with Crippen molar-refractivity contribution >= 4 is 17.8 Å². The van der Waals surface area contributed by atoms with Crippen molar-refractivity contribution in [2.24, 2.45) is 5.92 Å². The molecule has 0 aromatic heterocycles. The number of rotatable bonds is 11. The summed E-state index contributed by atoms with van der Waals surface area (Å²) < 4.78 is 96.2. The van der Waals surface area contributed by atoms with E-state index in [1.165, 1.54) is 19.1 Å². The predicted molar refractivity (Wildman–Crippen MR) is 166 cm³/mol. The van der Waals surface area contributed by atoms with Gasteiger partial charge < -0.3 is 29.0 Å². The van der Waals surface area contributed by atoms with Gasteiger partial charge in [0.25, 0.3) is 0 Å². The quantitative estimate of drug-likeness (QED) is 0.0433. The molecule has 0 bridgehead atoms. The summed E-state index contributed by atoms with van der Waals surface area (Å²) in [7, 11) is 0. The average molecular weight is 700 g/mol. The molecule has 9 atom stereocenters. The van der Waals surface area contributed by atoms with Crippen molar-refractivity contribution in [1.29, 1.82) is 0 Å². The van der Waals surface area contributed by atoms with E-state index in [4.69, 9.17) is 18.9 Å². The van der Waals surface area contributed by atoms with Crippen LogP contribution in [0.3, 0.4) is 0 Å². The van der Waals surface area contributed by atoms with Gasteiger partial charge in [0.15, 0.2) is 0 Å². The minimum atomic E-state index is -2.35. The van der Waals surface area contributed by atoms with E-state index in [-0.39, 0.29) is 42.6 Å². The summed E-state index contributed by atoms with van der Waals surface area (Å²) in [4.78, 5) is 36.0. The van der Waals surface area contributed by atoms with Gasteiger partial charge in [-0.1, -0.05) is 30.7 Å². The van der Waals surface area contributed by atoms with Gasteiger partial charge in [-0.15, -0.1) is 0 Å². The van der Waals surface area contributed by atoms with E-state index in [1.807, 2.05) is 39.0 Å². The van der Waals surface area contributed by atoms with E-state index in [0.29, 0.717) is 19.3 Å². The molecule has 3 saturated heterocycles. The molecule has 270 valence electrons. The molecule has 0 saturated carbocycles. The van der Waals surface area contributed by atoms with E-state index >= 15 is 0 Å². The third kappa shape index (κ3) is 9.76. The molecule has 49 heavy (non-hydrogen) atoms. The molecule has 3 aliphatic heterocycles. The Balaban J connectivity index is 1.30. The summed E-state index contributed by atoms with van der Waals surface area (Å²) in [5.74, 6) is -14.7. The standard InChI is InChI=1S/C35H42F5NO8/c1-17(8-11-26-18(2)13-25(20(4)46-26)41-27(43)12-9-19(3)45-22(6)42)7-10-23-15-35(21(5)49-35)16-24(47-23)14-28(44)48-34-32(39)30(37)29(36)31(38)33(34)40/h7-10,12,18-21,23-26H,11,13-16H2,1-6H3,(H,41,43)/b10-7+,12-9-,17-8+/t18-,19-,20+,21?,23+,24+,25+,26-,35+/m0/s1. The molecule has 1 aromatic carbocycles. The minimum Gasteiger partial charge on any atom is -0.459 e. The van der Waals surface area contributed by atoms with Crippen molar-refractivity contribution in [1.82, 2.24) is 5.32 Å². The van der Waals surface area contributed by atoms with Gasteiger partial charge >= 0.3 is 11.9 Å². The Hall–Kier alpha value is -3.62. The molecule has 1 aromatic rings. The number of benzene rings is 1. The fraction of sp³-hybridized carbons (Fsp3) is 0.571. The average Bonchev–Trinajstić information content (AvgIpc) is 3.64. The molecule has 1 N–H and O–H groups in total. The summed E-state index contributed by atoms with van der Waals surface area (Å²) in [6, 6.07) is -0.193. The smallest absolute Gasteiger partial charge is 0.314 e. The van der Waals surface area contributed by atoms with Crippen LogP contribution < -0.4 is 10.1 Å². The lowest BCUT2D eigenvalue weighted by atomic mass is 9.87. The first kappa shape index (κ1) is 38.2. The van der Waals surface area contributed by atoms with Crippen LogP contribution in [0, 0.1) is 35.0 Å². The highest BCUT2D eigenvalue weighted by molar-refractivity contribution is 5.87. The largest absolute Gasteiger partial charge is 0.459 e. The Morgan fingerprint density at radius 2 is 1.59 bits per heavy atom. The number of epoxide rings is 1. The van der Waals surface area contributed by atoms with Gasteiger partial charge in [0, 0.05) is 25.8 Å². The molecule has 3 fully saturated rings. The summed E-state index contributed by atoms with van der Waals surface area (Å²) in [5, 5.41) is 2.96. The van der Waals surface area contributed by atoms with Gasteiger partial charge in [-0.05, 0) is 52.5 Å². The van der Waals surface area contributed by atoms with Crippen molar-refractivity contribution in [2.45, 2.75) is 122 Å². The Kier molecular flexibility index (Phi) is 12.4. The van der Waals surface area contributed by atoms with Gasteiger partial charge in [-0.3, -0.25) is 14.4 Å². The molecule has 3 heterocycles. The Labute approximate surface area is 281 Å². The van der Waals surface area contributed by atoms with Crippen molar-refractivity contribution in [3.05, 3.63) is 65.0 Å². The molecule has 1 amide bonds. The fourth-order valence-electron chi connectivity index (χ4n) is 6.25. The van der Waals surface area contributed by atoms with Crippen LogP contribution in [0.1, 0.15) is 73.6 Å². The number of nitrogens with one attached hydrogen (secondary N) is 1. The van der Waals surface area contributed by atoms with E-state index in [0.717, 1.165) is 5.57 Å². The van der Waals surface area contributed by atoms with Crippen LogP contribution in [-0.2, 0) is 33.3 Å². The van der Waals surface area contributed by atoms with Gasteiger partial charge in [-0.25, -0.2) is 13.2 Å².